The Balaban J connectivity index is 1.52. The van der Waals surface area contributed by atoms with E-state index in [4.69, 9.17) is 12.2 Å². The zero-order valence-corrected chi connectivity index (χ0v) is 15.6. The summed E-state index contributed by atoms with van der Waals surface area (Å²) in [6.45, 7) is 7.09. The summed E-state index contributed by atoms with van der Waals surface area (Å²) >= 11 is 5.71. The van der Waals surface area contributed by atoms with Crippen LogP contribution in [-0.4, -0.2) is 72.2 Å². The molecule has 0 saturated carbocycles. The van der Waals surface area contributed by atoms with Crippen molar-refractivity contribution in [2.24, 2.45) is 0 Å². The minimum absolute atomic E-state index is 0.585. The molecule has 0 radical (unpaired) electrons. The van der Waals surface area contributed by atoms with Crippen molar-refractivity contribution in [3.63, 3.8) is 0 Å². The van der Waals surface area contributed by atoms with Crippen molar-refractivity contribution in [3.05, 3.63) is 30.3 Å². The molecule has 1 aromatic carbocycles. The van der Waals surface area contributed by atoms with Gasteiger partial charge in [-0.15, -0.1) is 0 Å². The molecular weight excluding hydrogens is 316 g/mol. The molecule has 24 heavy (non-hydrogen) atoms. The SMILES string of the molecule is CN1CCN(CC[C@H]2CCCCN2C(=S)Nc2ccccc2)CC1. The van der Waals surface area contributed by atoms with Gasteiger partial charge in [-0.3, -0.25) is 0 Å². The quantitative estimate of drug-likeness (QED) is 0.844. The third-order valence-electron chi connectivity index (χ3n) is 5.29. The lowest BCUT2D eigenvalue weighted by molar-refractivity contribution is 0.135. The topological polar surface area (TPSA) is 21.8 Å². The molecule has 0 spiro atoms. The summed E-state index contributed by atoms with van der Waals surface area (Å²) in [4.78, 5) is 7.46. The predicted molar refractivity (Wildman–Crippen MR) is 106 cm³/mol. The lowest BCUT2D eigenvalue weighted by Gasteiger charge is -2.39. The highest BCUT2D eigenvalue weighted by atomic mass is 32.1. The van der Waals surface area contributed by atoms with Gasteiger partial charge in [0.05, 0.1) is 0 Å². The average molecular weight is 347 g/mol. The number of anilines is 1. The summed E-state index contributed by atoms with van der Waals surface area (Å²) in [5, 5.41) is 4.32. The van der Waals surface area contributed by atoms with E-state index in [2.05, 4.69) is 39.2 Å². The van der Waals surface area contributed by atoms with Crippen molar-refractivity contribution in [2.45, 2.75) is 31.7 Å². The number of likely N-dealkylation sites (N-methyl/N-ethyl adjacent to an activating group) is 1. The number of para-hydroxylation sites is 1. The Hall–Kier alpha value is -1.17. The van der Waals surface area contributed by atoms with Crippen LogP contribution in [0.15, 0.2) is 30.3 Å². The molecule has 0 aliphatic carbocycles. The molecule has 0 aromatic heterocycles. The fourth-order valence-electron chi connectivity index (χ4n) is 3.69. The molecule has 1 N–H and O–H groups in total. The first-order valence-corrected chi connectivity index (χ1v) is 9.67. The summed E-state index contributed by atoms with van der Waals surface area (Å²) in [7, 11) is 2.22. The van der Waals surface area contributed by atoms with Crippen LogP contribution in [0.3, 0.4) is 0 Å². The highest BCUT2D eigenvalue weighted by molar-refractivity contribution is 7.80. The van der Waals surface area contributed by atoms with Crippen LogP contribution in [0, 0.1) is 0 Å². The Labute approximate surface area is 151 Å². The third-order valence-corrected chi connectivity index (χ3v) is 5.62. The van der Waals surface area contributed by atoms with E-state index in [1.807, 2.05) is 18.2 Å². The summed E-state index contributed by atoms with van der Waals surface area (Å²) in [6.07, 6.45) is 5.07. The number of nitrogens with zero attached hydrogens (tertiary/aromatic N) is 3. The zero-order chi connectivity index (χ0) is 16.8. The number of benzene rings is 1. The Bertz CT molecular complexity index is 513. The maximum atomic E-state index is 5.71. The van der Waals surface area contributed by atoms with Crippen molar-refractivity contribution >= 4 is 23.0 Å². The van der Waals surface area contributed by atoms with Crippen LogP contribution in [0.1, 0.15) is 25.7 Å². The number of hydrogen-bond acceptors (Lipinski definition) is 3. The first kappa shape index (κ1) is 17.6. The molecule has 2 heterocycles. The van der Waals surface area contributed by atoms with E-state index < -0.39 is 0 Å². The molecule has 0 amide bonds. The van der Waals surface area contributed by atoms with E-state index in [1.165, 1.54) is 58.4 Å². The maximum absolute atomic E-state index is 5.71. The molecule has 1 atom stereocenters. The highest BCUT2D eigenvalue weighted by Gasteiger charge is 2.25. The summed E-state index contributed by atoms with van der Waals surface area (Å²) in [5.41, 5.74) is 1.09. The second-order valence-electron chi connectivity index (χ2n) is 7.07. The standard InChI is InChI=1S/C19H30N4S/c1-21-13-15-22(16-14-21)12-10-18-9-5-6-11-23(18)19(24)20-17-7-3-2-4-8-17/h2-4,7-8,18H,5-6,9-16H2,1H3,(H,20,24)/t18-/m1/s1. The van der Waals surface area contributed by atoms with Gasteiger partial charge in [0, 0.05) is 51.0 Å². The van der Waals surface area contributed by atoms with E-state index in [-0.39, 0.29) is 0 Å². The number of piperidine rings is 1. The van der Waals surface area contributed by atoms with E-state index >= 15 is 0 Å². The van der Waals surface area contributed by atoms with Gasteiger partial charge in [0.1, 0.15) is 0 Å². The number of likely N-dealkylation sites (tertiary alicyclic amines) is 1. The van der Waals surface area contributed by atoms with E-state index in [1.54, 1.807) is 0 Å². The molecule has 132 valence electrons. The number of hydrogen-bond donors (Lipinski definition) is 1. The van der Waals surface area contributed by atoms with Crippen LogP contribution in [0.5, 0.6) is 0 Å². The first-order chi connectivity index (χ1) is 11.7. The Morgan fingerprint density at radius 1 is 1.08 bits per heavy atom. The van der Waals surface area contributed by atoms with Gasteiger partial charge in [0.25, 0.3) is 0 Å². The highest BCUT2D eigenvalue weighted by Crippen LogP contribution is 2.22. The van der Waals surface area contributed by atoms with E-state index in [9.17, 15) is 0 Å². The van der Waals surface area contributed by atoms with Crippen LogP contribution in [-0.2, 0) is 0 Å². The molecule has 2 aliphatic rings. The van der Waals surface area contributed by atoms with Crippen molar-refractivity contribution in [1.29, 1.82) is 0 Å². The Morgan fingerprint density at radius 2 is 1.83 bits per heavy atom. The molecule has 0 unspecified atom stereocenters. The summed E-state index contributed by atoms with van der Waals surface area (Å²) in [6, 6.07) is 10.9. The largest absolute Gasteiger partial charge is 0.346 e. The minimum atomic E-state index is 0.585. The maximum Gasteiger partial charge on any atom is 0.173 e. The van der Waals surface area contributed by atoms with Gasteiger partial charge in [-0.1, -0.05) is 18.2 Å². The van der Waals surface area contributed by atoms with Gasteiger partial charge in [0.15, 0.2) is 5.11 Å². The predicted octanol–water partition coefficient (Wildman–Crippen LogP) is 2.88. The lowest BCUT2D eigenvalue weighted by Crippen LogP contribution is -2.49. The zero-order valence-electron chi connectivity index (χ0n) is 14.8. The lowest BCUT2D eigenvalue weighted by atomic mass is 9.99. The molecule has 4 nitrogen and oxygen atoms in total. The molecule has 1 aromatic rings. The fourth-order valence-corrected chi connectivity index (χ4v) is 4.05. The molecule has 5 heteroatoms. The van der Waals surface area contributed by atoms with Crippen LogP contribution in [0.25, 0.3) is 0 Å². The normalized spacial score (nSPS) is 23.2. The van der Waals surface area contributed by atoms with Crippen molar-refractivity contribution < 1.29 is 0 Å². The van der Waals surface area contributed by atoms with Crippen molar-refractivity contribution in [2.75, 3.05) is 51.6 Å². The third kappa shape index (κ3) is 4.91. The molecule has 2 aliphatic heterocycles. The smallest absolute Gasteiger partial charge is 0.173 e. The van der Waals surface area contributed by atoms with Crippen LogP contribution in [0.4, 0.5) is 5.69 Å². The van der Waals surface area contributed by atoms with Crippen molar-refractivity contribution in [1.82, 2.24) is 14.7 Å². The Kier molecular flexibility index (Phi) is 6.46. The van der Waals surface area contributed by atoms with Crippen LogP contribution >= 0.6 is 12.2 Å². The molecular formula is C19H30N4S. The first-order valence-electron chi connectivity index (χ1n) is 9.26. The van der Waals surface area contributed by atoms with Crippen LogP contribution in [0.2, 0.25) is 0 Å². The number of nitrogens with one attached hydrogen (secondary N) is 1. The van der Waals surface area contributed by atoms with Gasteiger partial charge >= 0.3 is 0 Å². The number of rotatable bonds is 4. The molecule has 3 rings (SSSR count). The van der Waals surface area contributed by atoms with Gasteiger partial charge in [-0.25, -0.2) is 0 Å². The second-order valence-corrected chi connectivity index (χ2v) is 7.46. The molecule has 0 bridgehead atoms. The van der Waals surface area contributed by atoms with Gasteiger partial charge in [0.2, 0.25) is 0 Å². The number of thiocarbonyl (C=S) groups is 1. The van der Waals surface area contributed by atoms with E-state index in [0.29, 0.717) is 6.04 Å². The van der Waals surface area contributed by atoms with E-state index in [0.717, 1.165) is 17.3 Å². The fraction of sp³-hybridized carbons (Fsp3) is 0.632. The molecule has 2 fully saturated rings. The number of piperazine rings is 1. The average Bonchev–Trinajstić information content (AvgIpc) is 2.62. The summed E-state index contributed by atoms with van der Waals surface area (Å²) < 4.78 is 0. The minimum Gasteiger partial charge on any atom is -0.346 e. The van der Waals surface area contributed by atoms with Gasteiger partial charge in [-0.2, -0.15) is 0 Å². The monoisotopic (exact) mass is 346 g/mol. The summed E-state index contributed by atoms with van der Waals surface area (Å²) in [5.74, 6) is 0. The van der Waals surface area contributed by atoms with Crippen LogP contribution < -0.4 is 5.32 Å². The molecule has 2 saturated heterocycles. The van der Waals surface area contributed by atoms with Gasteiger partial charge in [-0.05, 0) is 57.1 Å². The Morgan fingerprint density at radius 3 is 2.58 bits per heavy atom. The van der Waals surface area contributed by atoms with Gasteiger partial charge < -0.3 is 20.0 Å². The van der Waals surface area contributed by atoms with Crippen molar-refractivity contribution in [3.8, 4) is 0 Å². The second kappa shape index (κ2) is 8.79.